The van der Waals surface area contributed by atoms with Crippen molar-refractivity contribution in [3.05, 3.63) is 60.8 Å². The Kier molecular flexibility index (Phi) is 50.4. The van der Waals surface area contributed by atoms with Crippen molar-refractivity contribution in [3.8, 4) is 0 Å². The lowest BCUT2D eigenvalue weighted by Crippen LogP contribution is -2.27. The maximum atomic E-state index is 12.8. The van der Waals surface area contributed by atoms with Crippen LogP contribution in [0.1, 0.15) is 271 Å². The second kappa shape index (κ2) is 52.7. The molecule has 0 aliphatic rings. The summed E-state index contributed by atoms with van der Waals surface area (Å²) in [5.74, 6) is -0.756. The molecule has 0 aliphatic heterocycles. The summed E-state index contributed by atoms with van der Waals surface area (Å²) in [7, 11) is 0. The van der Waals surface area contributed by atoms with Crippen molar-refractivity contribution in [2.24, 2.45) is 0 Å². The number of carbonyl (C=O) groups excluding carboxylic acids is 3. The van der Waals surface area contributed by atoms with Gasteiger partial charge in [0, 0.05) is 25.7 Å². The zero-order valence-electron chi connectivity index (χ0n) is 42.3. The molecule has 0 N–H and O–H groups in total. The average molecular weight is 895 g/mol. The molecular weight excluding hydrogens is 793 g/mol. The van der Waals surface area contributed by atoms with Crippen molar-refractivity contribution >= 4 is 17.9 Å². The van der Waals surface area contributed by atoms with E-state index in [4.69, 9.17) is 14.2 Å². The van der Waals surface area contributed by atoms with Crippen LogP contribution in [0.2, 0.25) is 0 Å². The highest BCUT2D eigenvalue weighted by Crippen LogP contribution is 2.14. The molecule has 0 aliphatic carbocycles. The molecule has 6 nitrogen and oxygen atoms in total. The number of carbonyl (C=O) groups is 3. The SMILES string of the molecule is CCCCCC=CCC=CCCCCCCCC(=O)OCCC(COC(=O)CCCCCCCC=CCCCCCCCC)OC(=O)CCCCCCCC=CCC=CCCCCC. The van der Waals surface area contributed by atoms with Gasteiger partial charge in [0.25, 0.3) is 0 Å². The molecule has 0 aromatic carbocycles. The van der Waals surface area contributed by atoms with Gasteiger partial charge in [-0.1, -0.05) is 197 Å². The van der Waals surface area contributed by atoms with E-state index in [-0.39, 0.29) is 31.1 Å². The van der Waals surface area contributed by atoms with Gasteiger partial charge in [0.05, 0.1) is 6.61 Å². The fourth-order valence-corrected chi connectivity index (χ4v) is 7.56. The number of rotatable bonds is 49. The minimum atomic E-state index is -0.618. The Bertz CT molecular complexity index is 1170. The predicted octanol–water partition coefficient (Wildman–Crippen LogP) is 18.0. The normalized spacial score (nSPS) is 12.5. The fourth-order valence-electron chi connectivity index (χ4n) is 7.56. The van der Waals surface area contributed by atoms with Crippen molar-refractivity contribution in [2.75, 3.05) is 13.2 Å². The van der Waals surface area contributed by atoms with Crippen molar-refractivity contribution in [2.45, 2.75) is 277 Å². The lowest BCUT2D eigenvalue weighted by Gasteiger charge is -2.18. The van der Waals surface area contributed by atoms with Crippen LogP contribution in [0, 0.1) is 0 Å². The lowest BCUT2D eigenvalue weighted by molar-refractivity contribution is -0.161. The number of ether oxygens (including phenoxy) is 3. The van der Waals surface area contributed by atoms with Crippen LogP contribution in [0.15, 0.2) is 60.8 Å². The summed E-state index contributed by atoms with van der Waals surface area (Å²) >= 11 is 0. The summed E-state index contributed by atoms with van der Waals surface area (Å²) in [4.78, 5) is 38.0. The Hall–Kier alpha value is -2.89. The molecule has 370 valence electrons. The lowest BCUT2D eigenvalue weighted by atomic mass is 10.1. The molecule has 0 spiro atoms. The first-order valence-electron chi connectivity index (χ1n) is 27.3. The first kappa shape index (κ1) is 61.1. The second-order valence-electron chi connectivity index (χ2n) is 18.1. The van der Waals surface area contributed by atoms with Crippen molar-refractivity contribution in [1.82, 2.24) is 0 Å². The third-order valence-electron chi connectivity index (χ3n) is 11.7. The number of esters is 3. The van der Waals surface area contributed by atoms with Crippen LogP contribution in [0.5, 0.6) is 0 Å². The monoisotopic (exact) mass is 895 g/mol. The van der Waals surface area contributed by atoms with E-state index in [0.29, 0.717) is 25.7 Å². The third-order valence-corrected chi connectivity index (χ3v) is 11.7. The van der Waals surface area contributed by atoms with Gasteiger partial charge in [-0.05, 0) is 109 Å². The van der Waals surface area contributed by atoms with E-state index < -0.39 is 6.10 Å². The molecule has 0 fully saturated rings. The fraction of sp³-hybridized carbons (Fsp3) is 0.776. The van der Waals surface area contributed by atoms with Gasteiger partial charge < -0.3 is 14.2 Å². The minimum absolute atomic E-state index is 0.000299. The molecule has 0 saturated carbocycles. The van der Waals surface area contributed by atoms with Crippen molar-refractivity contribution in [3.63, 3.8) is 0 Å². The van der Waals surface area contributed by atoms with E-state index in [1.807, 2.05) is 0 Å². The Labute approximate surface area is 396 Å². The largest absolute Gasteiger partial charge is 0.466 e. The van der Waals surface area contributed by atoms with Gasteiger partial charge in [-0.25, -0.2) is 0 Å². The van der Waals surface area contributed by atoms with Gasteiger partial charge in [0.15, 0.2) is 0 Å². The van der Waals surface area contributed by atoms with E-state index >= 15 is 0 Å². The third kappa shape index (κ3) is 50.1. The van der Waals surface area contributed by atoms with E-state index in [2.05, 4.69) is 81.5 Å². The summed E-state index contributed by atoms with van der Waals surface area (Å²) < 4.78 is 16.9. The molecule has 0 aromatic rings. The molecule has 0 radical (unpaired) electrons. The van der Waals surface area contributed by atoms with Gasteiger partial charge >= 0.3 is 17.9 Å². The van der Waals surface area contributed by atoms with Crippen LogP contribution in [0.3, 0.4) is 0 Å². The molecule has 64 heavy (non-hydrogen) atoms. The smallest absolute Gasteiger partial charge is 0.306 e. The average Bonchev–Trinajstić information content (AvgIpc) is 3.29. The molecule has 0 bridgehead atoms. The van der Waals surface area contributed by atoms with Crippen LogP contribution >= 0.6 is 0 Å². The van der Waals surface area contributed by atoms with Crippen LogP contribution in [-0.4, -0.2) is 37.2 Å². The first-order chi connectivity index (χ1) is 31.5. The molecule has 1 atom stereocenters. The van der Waals surface area contributed by atoms with E-state index in [1.165, 1.54) is 128 Å². The summed E-state index contributed by atoms with van der Waals surface area (Å²) in [6, 6.07) is 0. The number of allylic oxidation sites excluding steroid dienone is 10. The summed E-state index contributed by atoms with van der Waals surface area (Å²) in [5.41, 5.74) is 0. The standard InChI is InChI=1S/C58H102O6/c1-4-7-10-13-16-19-22-25-28-31-34-37-40-43-46-49-56(59)62-53-52-55(64-58(61)51-48-45-42-39-36-33-30-27-24-21-18-15-12-9-6-3)54-63-57(60)50-47-44-41-38-35-32-29-26-23-20-17-14-11-8-5-2/h16,18-19,21,25-30,55H,4-15,17,20,22-24,31-54H2,1-3H3. The van der Waals surface area contributed by atoms with Gasteiger partial charge in [0.2, 0.25) is 0 Å². The van der Waals surface area contributed by atoms with Crippen molar-refractivity contribution in [1.29, 1.82) is 0 Å². The second-order valence-corrected chi connectivity index (χ2v) is 18.1. The van der Waals surface area contributed by atoms with Gasteiger partial charge in [0.1, 0.15) is 12.7 Å². The van der Waals surface area contributed by atoms with Crippen molar-refractivity contribution < 1.29 is 28.6 Å². The van der Waals surface area contributed by atoms with E-state index in [0.717, 1.165) is 96.3 Å². The molecule has 0 heterocycles. The molecular formula is C58H102O6. The highest BCUT2D eigenvalue weighted by Gasteiger charge is 2.18. The summed E-state index contributed by atoms with van der Waals surface area (Å²) in [6.45, 7) is 6.89. The number of hydrogen-bond acceptors (Lipinski definition) is 6. The highest BCUT2D eigenvalue weighted by atomic mass is 16.6. The Balaban J connectivity index is 4.42. The quantitative estimate of drug-likeness (QED) is 0.0262. The van der Waals surface area contributed by atoms with Gasteiger partial charge in [-0.2, -0.15) is 0 Å². The Morgan fingerprint density at radius 1 is 0.344 bits per heavy atom. The zero-order chi connectivity index (χ0) is 46.5. The molecule has 0 rings (SSSR count). The number of hydrogen-bond donors (Lipinski definition) is 0. The van der Waals surface area contributed by atoms with E-state index in [9.17, 15) is 14.4 Å². The van der Waals surface area contributed by atoms with Crippen LogP contribution < -0.4 is 0 Å². The van der Waals surface area contributed by atoms with E-state index in [1.54, 1.807) is 0 Å². The van der Waals surface area contributed by atoms with Gasteiger partial charge in [-0.15, -0.1) is 0 Å². The highest BCUT2D eigenvalue weighted by molar-refractivity contribution is 5.70. The van der Waals surface area contributed by atoms with Crippen LogP contribution in [-0.2, 0) is 28.6 Å². The topological polar surface area (TPSA) is 78.9 Å². The molecule has 1 unspecified atom stereocenters. The molecule has 0 saturated heterocycles. The maximum Gasteiger partial charge on any atom is 0.306 e. The Morgan fingerprint density at radius 2 is 0.641 bits per heavy atom. The zero-order valence-corrected chi connectivity index (χ0v) is 42.3. The maximum absolute atomic E-state index is 12.8. The first-order valence-corrected chi connectivity index (χ1v) is 27.3. The van der Waals surface area contributed by atoms with Gasteiger partial charge in [-0.3, -0.25) is 14.4 Å². The summed E-state index contributed by atoms with van der Waals surface area (Å²) in [6.07, 6.45) is 64.3. The Morgan fingerprint density at radius 3 is 1.05 bits per heavy atom. The van der Waals surface area contributed by atoms with Crippen LogP contribution in [0.4, 0.5) is 0 Å². The predicted molar refractivity (Wildman–Crippen MR) is 275 cm³/mol. The molecule has 0 amide bonds. The number of unbranched alkanes of at least 4 members (excludes halogenated alkanes) is 27. The summed E-state index contributed by atoms with van der Waals surface area (Å²) in [5, 5.41) is 0. The molecule has 6 heteroatoms. The van der Waals surface area contributed by atoms with Crippen LogP contribution in [0.25, 0.3) is 0 Å². The minimum Gasteiger partial charge on any atom is -0.466 e. The molecule has 0 aromatic heterocycles.